The highest BCUT2D eigenvalue weighted by atomic mass is 32.2. The van der Waals surface area contributed by atoms with E-state index in [0.717, 1.165) is 11.3 Å². The normalized spacial score (nSPS) is 10.7. The van der Waals surface area contributed by atoms with Gasteiger partial charge < -0.3 is 20.1 Å². The van der Waals surface area contributed by atoms with Gasteiger partial charge in [0.2, 0.25) is 11.0 Å². The Balaban J connectivity index is 1.47. The number of anilines is 3. The lowest BCUT2D eigenvalue weighted by Gasteiger charge is -2.07. The fourth-order valence-corrected chi connectivity index (χ4v) is 4.10. The molecule has 2 N–H and O–H groups in total. The third kappa shape index (κ3) is 7.10. The van der Waals surface area contributed by atoms with Crippen LogP contribution in [0.25, 0.3) is 6.08 Å². The predicted octanol–water partition coefficient (Wildman–Crippen LogP) is 4.60. The van der Waals surface area contributed by atoms with Gasteiger partial charge in [0.15, 0.2) is 4.34 Å². The molecule has 0 aliphatic carbocycles. The quantitative estimate of drug-likeness (QED) is 0.252. The largest absolute Gasteiger partial charge is 0.495 e. The molecular weight excluding hydrogens is 448 g/mol. The molecule has 0 atom stereocenters. The maximum Gasteiger partial charge on any atom is 0.330 e. The summed E-state index contributed by atoms with van der Waals surface area (Å²) in [6, 6.07) is 14.7. The van der Waals surface area contributed by atoms with E-state index >= 15 is 0 Å². The summed E-state index contributed by atoms with van der Waals surface area (Å²) in [6.07, 6.45) is 3.03. The molecule has 1 aromatic heterocycles. The Hall–Kier alpha value is -3.37. The zero-order chi connectivity index (χ0) is 22.8. The first-order valence-electron chi connectivity index (χ1n) is 9.68. The number of aromatic nitrogens is 2. The van der Waals surface area contributed by atoms with Crippen molar-refractivity contribution in [2.24, 2.45) is 0 Å². The summed E-state index contributed by atoms with van der Waals surface area (Å²) in [6.45, 7) is 2.09. The number of nitrogens with zero attached hydrogens (tertiary/aromatic N) is 2. The van der Waals surface area contributed by atoms with E-state index in [-0.39, 0.29) is 17.6 Å². The van der Waals surface area contributed by atoms with E-state index in [0.29, 0.717) is 27.5 Å². The first-order chi connectivity index (χ1) is 15.6. The van der Waals surface area contributed by atoms with Crippen LogP contribution in [0.1, 0.15) is 12.5 Å². The second kappa shape index (κ2) is 11.9. The molecule has 0 bridgehead atoms. The van der Waals surface area contributed by atoms with Crippen LogP contribution in [0.2, 0.25) is 0 Å². The van der Waals surface area contributed by atoms with Gasteiger partial charge in [-0.15, -0.1) is 10.2 Å². The van der Waals surface area contributed by atoms with Crippen LogP contribution in [0.15, 0.2) is 58.9 Å². The van der Waals surface area contributed by atoms with Gasteiger partial charge in [-0.1, -0.05) is 47.4 Å². The molecular formula is C22H22N4O4S2. The lowest BCUT2D eigenvalue weighted by molar-refractivity contribution is -0.137. The summed E-state index contributed by atoms with van der Waals surface area (Å²) >= 11 is 2.66. The monoisotopic (exact) mass is 470 g/mol. The van der Waals surface area contributed by atoms with Gasteiger partial charge >= 0.3 is 5.97 Å². The molecule has 3 rings (SSSR count). The minimum Gasteiger partial charge on any atom is -0.495 e. The summed E-state index contributed by atoms with van der Waals surface area (Å²) in [4.78, 5) is 23.6. The second-order valence-corrected chi connectivity index (χ2v) is 8.44. The molecule has 0 fully saturated rings. The number of nitrogens with one attached hydrogen (secondary N) is 2. The molecule has 3 aromatic rings. The smallest absolute Gasteiger partial charge is 0.330 e. The number of methoxy groups -OCH3 is 1. The predicted molar refractivity (Wildman–Crippen MR) is 128 cm³/mol. The number of carbonyl (C=O) groups is 2. The number of carbonyl (C=O) groups excluding carboxylic acids is 2. The summed E-state index contributed by atoms with van der Waals surface area (Å²) in [5.41, 5.74) is 2.29. The molecule has 0 spiro atoms. The van der Waals surface area contributed by atoms with Gasteiger partial charge in [0.1, 0.15) is 5.75 Å². The van der Waals surface area contributed by atoms with Crippen LogP contribution < -0.4 is 15.4 Å². The molecule has 0 saturated heterocycles. The standard InChI is InChI=1S/C22H22N4O4S2/c1-3-30-20(28)13-10-15-8-11-16(12-9-15)23-19(27)14-31-22-26-25-21(32-22)24-17-6-4-5-7-18(17)29-2/h4-13H,3,14H2,1-2H3,(H,23,27)(H,24,25). The van der Waals surface area contributed by atoms with Crippen molar-refractivity contribution in [1.29, 1.82) is 0 Å². The van der Waals surface area contributed by atoms with Crippen LogP contribution in [0, 0.1) is 0 Å². The van der Waals surface area contributed by atoms with E-state index in [9.17, 15) is 9.59 Å². The Labute approximate surface area is 194 Å². The van der Waals surface area contributed by atoms with Crippen LogP contribution in [0.3, 0.4) is 0 Å². The third-order valence-electron chi connectivity index (χ3n) is 3.97. The van der Waals surface area contributed by atoms with Crippen LogP contribution in [-0.4, -0.2) is 41.5 Å². The Morgan fingerprint density at radius 2 is 1.91 bits per heavy atom. The molecule has 10 heteroatoms. The van der Waals surface area contributed by atoms with Gasteiger partial charge in [-0.25, -0.2) is 4.79 Å². The number of rotatable bonds is 10. The lowest BCUT2D eigenvalue weighted by atomic mass is 10.2. The molecule has 0 aliphatic heterocycles. The number of benzene rings is 2. The van der Waals surface area contributed by atoms with Crippen molar-refractivity contribution in [2.45, 2.75) is 11.3 Å². The molecule has 1 amide bonds. The van der Waals surface area contributed by atoms with Gasteiger partial charge in [0.25, 0.3) is 0 Å². The Morgan fingerprint density at radius 3 is 2.66 bits per heavy atom. The highest BCUT2D eigenvalue weighted by molar-refractivity contribution is 8.01. The maximum atomic E-state index is 12.3. The number of amides is 1. The number of hydrogen-bond acceptors (Lipinski definition) is 9. The highest BCUT2D eigenvalue weighted by Gasteiger charge is 2.10. The zero-order valence-corrected chi connectivity index (χ0v) is 19.2. The van der Waals surface area contributed by atoms with E-state index in [2.05, 4.69) is 20.8 Å². The topological polar surface area (TPSA) is 102 Å². The zero-order valence-electron chi connectivity index (χ0n) is 17.5. The number of esters is 1. The third-order valence-corrected chi connectivity index (χ3v) is 5.95. The van der Waals surface area contributed by atoms with Gasteiger partial charge in [-0.05, 0) is 42.8 Å². The maximum absolute atomic E-state index is 12.3. The van der Waals surface area contributed by atoms with E-state index in [1.807, 2.05) is 24.3 Å². The molecule has 2 aromatic carbocycles. The van der Waals surface area contributed by atoms with Gasteiger partial charge in [0, 0.05) is 11.8 Å². The second-order valence-electron chi connectivity index (χ2n) is 6.24. The molecule has 0 saturated carbocycles. The van der Waals surface area contributed by atoms with E-state index < -0.39 is 0 Å². The minimum atomic E-state index is -0.389. The van der Waals surface area contributed by atoms with Gasteiger partial charge in [-0.2, -0.15) is 0 Å². The van der Waals surface area contributed by atoms with Crippen molar-refractivity contribution in [1.82, 2.24) is 10.2 Å². The van der Waals surface area contributed by atoms with Crippen molar-refractivity contribution >= 4 is 57.6 Å². The molecule has 0 unspecified atom stereocenters. The van der Waals surface area contributed by atoms with Crippen molar-refractivity contribution in [3.63, 3.8) is 0 Å². The summed E-state index contributed by atoms with van der Waals surface area (Å²) < 4.78 is 10.8. The highest BCUT2D eigenvalue weighted by Crippen LogP contribution is 2.31. The average Bonchev–Trinajstić information content (AvgIpc) is 3.25. The fraction of sp³-hybridized carbons (Fsp3) is 0.182. The molecule has 0 aliphatic rings. The summed E-state index contributed by atoms with van der Waals surface area (Å²) in [5, 5.41) is 14.8. The van der Waals surface area contributed by atoms with Crippen LogP contribution in [-0.2, 0) is 14.3 Å². The Kier molecular flexibility index (Phi) is 8.64. The van der Waals surface area contributed by atoms with Crippen molar-refractivity contribution in [3.8, 4) is 5.75 Å². The van der Waals surface area contributed by atoms with Gasteiger partial charge in [0.05, 0.1) is 25.2 Å². The Bertz CT molecular complexity index is 1080. The molecule has 8 nitrogen and oxygen atoms in total. The van der Waals surface area contributed by atoms with Crippen LogP contribution in [0.4, 0.5) is 16.5 Å². The fourth-order valence-electron chi connectivity index (χ4n) is 2.54. The van der Waals surface area contributed by atoms with Crippen molar-refractivity contribution in [2.75, 3.05) is 30.1 Å². The van der Waals surface area contributed by atoms with Crippen LogP contribution in [0.5, 0.6) is 5.75 Å². The average molecular weight is 471 g/mol. The van der Waals surface area contributed by atoms with E-state index in [1.54, 1.807) is 44.4 Å². The number of para-hydroxylation sites is 2. The van der Waals surface area contributed by atoms with Crippen LogP contribution >= 0.6 is 23.1 Å². The first-order valence-corrected chi connectivity index (χ1v) is 11.5. The molecule has 166 valence electrons. The van der Waals surface area contributed by atoms with Crippen molar-refractivity contribution < 1.29 is 19.1 Å². The first kappa shape index (κ1) is 23.3. The molecule has 0 radical (unpaired) electrons. The Morgan fingerprint density at radius 1 is 1.12 bits per heavy atom. The SMILES string of the molecule is CCOC(=O)C=Cc1ccc(NC(=O)CSc2nnc(Nc3ccccc3OC)s2)cc1. The number of hydrogen-bond donors (Lipinski definition) is 2. The van der Waals surface area contributed by atoms with E-state index in [1.165, 1.54) is 29.2 Å². The molecule has 32 heavy (non-hydrogen) atoms. The minimum absolute atomic E-state index is 0.153. The van der Waals surface area contributed by atoms with E-state index in [4.69, 9.17) is 9.47 Å². The summed E-state index contributed by atoms with van der Waals surface area (Å²) in [5.74, 6) is 0.367. The lowest BCUT2D eigenvalue weighted by Crippen LogP contribution is -2.13. The summed E-state index contributed by atoms with van der Waals surface area (Å²) in [7, 11) is 1.61. The van der Waals surface area contributed by atoms with Crippen molar-refractivity contribution in [3.05, 3.63) is 60.2 Å². The number of thioether (sulfide) groups is 1. The van der Waals surface area contributed by atoms with Gasteiger partial charge in [-0.3, -0.25) is 4.79 Å². The number of ether oxygens (including phenoxy) is 2. The molecule has 1 heterocycles.